The Morgan fingerprint density at radius 2 is 2.14 bits per heavy atom. The Kier molecular flexibility index (Phi) is 5.23. The van der Waals surface area contributed by atoms with Crippen LogP contribution in [0.4, 0.5) is 0 Å². The summed E-state index contributed by atoms with van der Waals surface area (Å²) in [5, 5.41) is 2.36. The summed E-state index contributed by atoms with van der Waals surface area (Å²) in [6.45, 7) is 10.1. The zero-order valence-corrected chi connectivity index (χ0v) is 15.1. The Bertz CT molecular complexity index is 479. The molecule has 0 aliphatic carbocycles. The fourth-order valence-corrected chi connectivity index (χ4v) is 4.68. The van der Waals surface area contributed by atoms with Crippen LogP contribution in [0, 0.1) is 0 Å². The molecule has 0 saturated carbocycles. The molecule has 3 heterocycles. The fraction of sp³-hybridized carbons (Fsp3) is 0.778. The lowest BCUT2D eigenvalue weighted by molar-refractivity contribution is -0.0808. The first-order valence-electron chi connectivity index (χ1n) is 8.65. The van der Waals surface area contributed by atoms with E-state index < -0.39 is 0 Å². The minimum absolute atomic E-state index is 0.0353. The first kappa shape index (κ1) is 16.4. The van der Waals surface area contributed by atoms with Crippen LogP contribution in [0.15, 0.2) is 11.4 Å². The summed E-state index contributed by atoms with van der Waals surface area (Å²) in [6, 6.07) is 3.07. The van der Waals surface area contributed by atoms with Crippen molar-refractivity contribution in [2.45, 2.75) is 64.3 Å². The molecular weight excluding hydrogens is 292 g/mol. The number of ether oxygens (including phenoxy) is 1. The van der Waals surface area contributed by atoms with E-state index in [2.05, 4.69) is 42.1 Å². The van der Waals surface area contributed by atoms with E-state index in [1.54, 1.807) is 0 Å². The molecule has 4 heteroatoms. The molecule has 3 rings (SSSR count). The van der Waals surface area contributed by atoms with Crippen LogP contribution in [0.3, 0.4) is 0 Å². The third kappa shape index (κ3) is 4.31. The molecule has 124 valence electrons. The van der Waals surface area contributed by atoms with Crippen molar-refractivity contribution in [2.24, 2.45) is 0 Å². The van der Waals surface area contributed by atoms with E-state index in [0.29, 0.717) is 6.04 Å². The Morgan fingerprint density at radius 3 is 2.86 bits per heavy atom. The highest BCUT2D eigenvalue weighted by molar-refractivity contribution is 7.10. The first-order chi connectivity index (χ1) is 10.5. The third-order valence-electron chi connectivity index (χ3n) is 5.01. The molecule has 2 aliphatic heterocycles. The first-order valence-corrected chi connectivity index (χ1v) is 9.53. The summed E-state index contributed by atoms with van der Waals surface area (Å²) in [5.41, 5.74) is 1.54. The maximum atomic E-state index is 5.84. The van der Waals surface area contributed by atoms with Crippen LogP contribution < -0.4 is 0 Å². The molecular formula is C18H30N2OS. The zero-order chi connectivity index (χ0) is 15.6. The van der Waals surface area contributed by atoms with Crippen molar-refractivity contribution in [3.05, 3.63) is 21.9 Å². The SMILES string of the molecule is CN(Cc1cc(CN2CCCC2)cs1)C1CCOC(C)(C)C1. The van der Waals surface area contributed by atoms with Gasteiger partial charge in [0.05, 0.1) is 5.60 Å². The molecule has 1 aromatic heterocycles. The van der Waals surface area contributed by atoms with Crippen LogP contribution >= 0.6 is 11.3 Å². The average molecular weight is 323 g/mol. The predicted octanol–water partition coefficient (Wildman–Crippen LogP) is 3.73. The predicted molar refractivity (Wildman–Crippen MR) is 93.4 cm³/mol. The van der Waals surface area contributed by atoms with Crippen LogP contribution in [0.5, 0.6) is 0 Å². The molecule has 2 saturated heterocycles. The van der Waals surface area contributed by atoms with Gasteiger partial charge in [-0.1, -0.05) is 0 Å². The lowest BCUT2D eigenvalue weighted by atomic mass is 9.93. The number of likely N-dealkylation sites (tertiary alicyclic amines) is 1. The second kappa shape index (κ2) is 7.00. The summed E-state index contributed by atoms with van der Waals surface area (Å²) in [7, 11) is 2.27. The van der Waals surface area contributed by atoms with E-state index in [1.807, 2.05) is 11.3 Å². The van der Waals surface area contributed by atoms with Crippen molar-refractivity contribution in [1.29, 1.82) is 0 Å². The molecule has 0 N–H and O–H groups in total. The molecule has 1 unspecified atom stereocenters. The van der Waals surface area contributed by atoms with Crippen molar-refractivity contribution in [3.8, 4) is 0 Å². The van der Waals surface area contributed by atoms with Crippen molar-refractivity contribution in [1.82, 2.24) is 9.80 Å². The van der Waals surface area contributed by atoms with Gasteiger partial charge in [-0.25, -0.2) is 0 Å². The number of hydrogen-bond donors (Lipinski definition) is 0. The van der Waals surface area contributed by atoms with Gasteiger partial charge in [-0.05, 0) is 76.7 Å². The van der Waals surface area contributed by atoms with Gasteiger partial charge in [0.1, 0.15) is 0 Å². The van der Waals surface area contributed by atoms with Crippen LogP contribution in [0.25, 0.3) is 0 Å². The van der Waals surface area contributed by atoms with Gasteiger partial charge in [0.2, 0.25) is 0 Å². The quantitative estimate of drug-likeness (QED) is 0.821. The molecule has 0 amide bonds. The topological polar surface area (TPSA) is 15.7 Å². The van der Waals surface area contributed by atoms with Crippen molar-refractivity contribution in [3.63, 3.8) is 0 Å². The lowest BCUT2D eigenvalue weighted by Crippen LogP contribution is -2.44. The molecule has 22 heavy (non-hydrogen) atoms. The minimum Gasteiger partial charge on any atom is -0.375 e. The molecule has 2 fully saturated rings. The molecule has 2 aliphatic rings. The molecule has 0 radical (unpaired) electrons. The Hall–Kier alpha value is -0.420. The normalized spacial score (nSPS) is 25.9. The van der Waals surface area contributed by atoms with Crippen LogP contribution in [0.1, 0.15) is 50.0 Å². The van der Waals surface area contributed by atoms with Crippen molar-refractivity contribution < 1.29 is 4.74 Å². The standard InChI is InChI=1S/C18H30N2OS/c1-18(2)11-16(6-9-21-18)19(3)13-17-10-15(14-22-17)12-20-7-4-5-8-20/h10,14,16H,4-9,11-13H2,1-3H3. The number of nitrogens with zero attached hydrogens (tertiary/aromatic N) is 2. The average Bonchev–Trinajstić information content (AvgIpc) is 3.10. The van der Waals surface area contributed by atoms with Gasteiger partial charge in [0.25, 0.3) is 0 Å². The highest BCUT2D eigenvalue weighted by Gasteiger charge is 2.31. The molecule has 1 atom stereocenters. The summed E-state index contributed by atoms with van der Waals surface area (Å²) < 4.78 is 5.84. The Balaban J connectivity index is 1.52. The molecule has 3 nitrogen and oxygen atoms in total. The fourth-order valence-electron chi connectivity index (χ4n) is 3.74. The molecule has 0 bridgehead atoms. The highest BCUT2D eigenvalue weighted by atomic mass is 32.1. The van der Waals surface area contributed by atoms with E-state index in [4.69, 9.17) is 4.74 Å². The Labute approximate surface area is 139 Å². The number of thiophene rings is 1. The minimum atomic E-state index is 0.0353. The zero-order valence-electron chi connectivity index (χ0n) is 14.3. The summed E-state index contributed by atoms with van der Waals surface area (Å²) in [4.78, 5) is 6.60. The maximum absolute atomic E-state index is 5.84. The number of rotatable bonds is 5. The maximum Gasteiger partial charge on any atom is 0.0641 e. The summed E-state index contributed by atoms with van der Waals surface area (Å²) >= 11 is 1.93. The Morgan fingerprint density at radius 1 is 1.36 bits per heavy atom. The van der Waals surface area contributed by atoms with Gasteiger partial charge in [0, 0.05) is 30.6 Å². The van der Waals surface area contributed by atoms with Crippen molar-refractivity contribution in [2.75, 3.05) is 26.7 Å². The lowest BCUT2D eigenvalue weighted by Gasteiger charge is -2.39. The van der Waals surface area contributed by atoms with E-state index in [-0.39, 0.29) is 5.60 Å². The van der Waals surface area contributed by atoms with Gasteiger partial charge in [-0.15, -0.1) is 11.3 Å². The van der Waals surface area contributed by atoms with Gasteiger partial charge in [-0.3, -0.25) is 9.80 Å². The second-order valence-corrected chi connectivity index (χ2v) is 8.57. The molecule has 0 spiro atoms. The van der Waals surface area contributed by atoms with Gasteiger partial charge < -0.3 is 4.74 Å². The molecule has 1 aromatic rings. The van der Waals surface area contributed by atoms with Gasteiger partial charge >= 0.3 is 0 Å². The van der Waals surface area contributed by atoms with E-state index in [9.17, 15) is 0 Å². The smallest absolute Gasteiger partial charge is 0.0641 e. The largest absolute Gasteiger partial charge is 0.375 e. The second-order valence-electron chi connectivity index (χ2n) is 7.57. The molecule has 0 aromatic carbocycles. The highest BCUT2D eigenvalue weighted by Crippen LogP contribution is 2.28. The van der Waals surface area contributed by atoms with E-state index in [0.717, 1.165) is 32.5 Å². The van der Waals surface area contributed by atoms with Crippen LogP contribution in [-0.2, 0) is 17.8 Å². The van der Waals surface area contributed by atoms with Gasteiger partial charge in [-0.2, -0.15) is 0 Å². The van der Waals surface area contributed by atoms with E-state index >= 15 is 0 Å². The number of hydrogen-bond acceptors (Lipinski definition) is 4. The third-order valence-corrected chi connectivity index (χ3v) is 5.98. The summed E-state index contributed by atoms with van der Waals surface area (Å²) in [6.07, 6.45) is 5.04. The van der Waals surface area contributed by atoms with Crippen LogP contribution in [0.2, 0.25) is 0 Å². The van der Waals surface area contributed by atoms with Crippen LogP contribution in [-0.4, -0.2) is 48.2 Å². The van der Waals surface area contributed by atoms with Gasteiger partial charge in [0.15, 0.2) is 0 Å². The van der Waals surface area contributed by atoms with E-state index in [1.165, 1.54) is 36.4 Å². The van der Waals surface area contributed by atoms with Crippen molar-refractivity contribution >= 4 is 11.3 Å². The summed E-state index contributed by atoms with van der Waals surface area (Å²) in [5.74, 6) is 0. The monoisotopic (exact) mass is 322 g/mol.